The van der Waals surface area contributed by atoms with Gasteiger partial charge in [-0.3, -0.25) is 14.5 Å². The molecule has 1 aliphatic heterocycles. The molecule has 0 bridgehead atoms. The van der Waals surface area contributed by atoms with Crippen molar-refractivity contribution < 1.29 is 14.4 Å². The summed E-state index contributed by atoms with van der Waals surface area (Å²) in [7, 11) is 0. The smallest absolute Gasteiger partial charge is 0.325 e. The van der Waals surface area contributed by atoms with Crippen LogP contribution >= 0.6 is 0 Å². The lowest BCUT2D eigenvalue weighted by molar-refractivity contribution is -0.131. The van der Waals surface area contributed by atoms with Crippen LogP contribution in [0.15, 0.2) is 84.9 Å². The van der Waals surface area contributed by atoms with E-state index in [1.165, 1.54) is 0 Å². The maximum atomic E-state index is 13.6. The molecule has 2 N–H and O–H groups in total. The predicted molar refractivity (Wildman–Crippen MR) is 127 cm³/mol. The number of para-hydroxylation sites is 1. The van der Waals surface area contributed by atoms with E-state index in [1.807, 2.05) is 91.9 Å². The molecule has 6 heteroatoms. The Morgan fingerprint density at radius 1 is 0.879 bits per heavy atom. The molecular weight excluding hydrogens is 414 g/mol. The van der Waals surface area contributed by atoms with Gasteiger partial charge in [0.05, 0.1) is 17.8 Å². The second kappa shape index (κ2) is 8.06. The lowest BCUT2D eigenvalue weighted by Gasteiger charge is -2.25. The van der Waals surface area contributed by atoms with Gasteiger partial charge in [0.15, 0.2) is 5.78 Å². The minimum atomic E-state index is -1.17. The molecule has 2 heterocycles. The molecule has 0 saturated carbocycles. The number of nitrogens with zero attached hydrogens (tertiary/aromatic N) is 1. The summed E-state index contributed by atoms with van der Waals surface area (Å²) >= 11 is 0. The third kappa shape index (κ3) is 3.31. The number of H-pyrrole nitrogens is 1. The summed E-state index contributed by atoms with van der Waals surface area (Å²) in [5.41, 5.74) is 2.38. The number of urea groups is 1. The highest BCUT2D eigenvalue weighted by Crippen LogP contribution is 2.34. The number of carbonyl (C=O) groups excluding carboxylic acids is 3. The fourth-order valence-electron chi connectivity index (χ4n) is 4.61. The molecule has 0 radical (unpaired) electrons. The first-order valence-corrected chi connectivity index (χ1v) is 10.9. The topological polar surface area (TPSA) is 82.3 Å². The highest BCUT2D eigenvalue weighted by molar-refractivity contribution is 6.17. The standard InChI is InChI=1S/C27H23N3O3/c1-2-27(19-13-7-4-8-14-19)25(32)30(26(33)29-27)17-22(31)23-20-15-9-10-16-21(20)28-24(23)18-11-5-3-6-12-18/h3-16,28H,2,17H2,1H3,(H,29,33). The summed E-state index contributed by atoms with van der Waals surface area (Å²) in [5, 5.41) is 3.61. The molecule has 1 aliphatic rings. The van der Waals surface area contributed by atoms with Crippen LogP contribution in [0.1, 0.15) is 29.3 Å². The normalized spacial score (nSPS) is 18.0. The van der Waals surface area contributed by atoms with Crippen LogP contribution in [0.3, 0.4) is 0 Å². The molecule has 4 aromatic rings. The number of hydrogen-bond acceptors (Lipinski definition) is 3. The van der Waals surface area contributed by atoms with Crippen LogP contribution < -0.4 is 5.32 Å². The number of Topliss-reactive ketones (excluding diaryl/α,β-unsaturated/α-hetero) is 1. The number of hydrogen-bond donors (Lipinski definition) is 2. The van der Waals surface area contributed by atoms with Crippen LogP contribution in [0.4, 0.5) is 4.79 Å². The van der Waals surface area contributed by atoms with Crippen molar-refractivity contribution in [2.45, 2.75) is 18.9 Å². The zero-order valence-electron chi connectivity index (χ0n) is 18.2. The van der Waals surface area contributed by atoms with Gasteiger partial charge < -0.3 is 10.3 Å². The molecule has 1 unspecified atom stereocenters. The Labute approximate surface area is 191 Å². The average Bonchev–Trinajstić information content (AvgIpc) is 3.36. The number of carbonyl (C=O) groups is 3. The fraction of sp³-hybridized carbons (Fsp3) is 0.148. The van der Waals surface area contributed by atoms with Crippen molar-refractivity contribution in [3.05, 3.63) is 96.1 Å². The Bertz CT molecular complexity index is 1360. The quantitative estimate of drug-likeness (QED) is 0.333. The van der Waals surface area contributed by atoms with Crippen molar-refractivity contribution in [1.82, 2.24) is 15.2 Å². The third-order valence-corrected chi connectivity index (χ3v) is 6.32. The summed E-state index contributed by atoms with van der Waals surface area (Å²) in [4.78, 5) is 44.3. The maximum absolute atomic E-state index is 13.6. The van der Waals surface area contributed by atoms with Crippen molar-refractivity contribution in [1.29, 1.82) is 0 Å². The van der Waals surface area contributed by atoms with E-state index in [0.717, 1.165) is 21.4 Å². The number of imide groups is 1. The summed E-state index contributed by atoms with van der Waals surface area (Å²) < 4.78 is 0. The SMILES string of the molecule is CCC1(c2ccccc2)NC(=O)N(CC(=O)c2c(-c3ccccc3)[nH]c3ccccc23)C1=O. The van der Waals surface area contributed by atoms with Crippen LogP contribution in [0.2, 0.25) is 0 Å². The molecule has 3 amide bonds. The molecule has 164 valence electrons. The van der Waals surface area contributed by atoms with Crippen molar-refractivity contribution in [2.75, 3.05) is 6.54 Å². The Hall–Kier alpha value is -4.19. The second-order valence-electron chi connectivity index (χ2n) is 8.16. The van der Waals surface area contributed by atoms with Crippen molar-refractivity contribution in [3.8, 4) is 11.3 Å². The van der Waals surface area contributed by atoms with Crippen molar-refractivity contribution in [3.63, 3.8) is 0 Å². The first kappa shape index (κ1) is 20.7. The van der Waals surface area contributed by atoms with Crippen LogP contribution in [0, 0.1) is 0 Å². The van der Waals surface area contributed by atoms with Gasteiger partial charge in [0.25, 0.3) is 5.91 Å². The molecule has 1 saturated heterocycles. The Morgan fingerprint density at radius 2 is 1.52 bits per heavy atom. The van der Waals surface area contributed by atoms with E-state index < -0.39 is 17.5 Å². The molecule has 33 heavy (non-hydrogen) atoms. The van der Waals surface area contributed by atoms with Gasteiger partial charge in [-0.05, 0) is 23.6 Å². The fourth-order valence-corrected chi connectivity index (χ4v) is 4.61. The van der Waals surface area contributed by atoms with E-state index in [-0.39, 0.29) is 12.3 Å². The zero-order chi connectivity index (χ0) is 23.0. The first-order chi connectivity index (χ1) is 16.0. The van der Waals surface area contributed by atoms with Gasteiger partial charge in [-0.1, -0.05) is 85.8 Å². The predicted octanol–water partition coefficient (Wildman–Crippen LogP) is 4.87. The Morgan fingerprint density at radius 3 is 2.21 bits per heavy atom. The lowest BCUT2D eigenvalue weighted by atomic mass is 9.87. The Balaban J connectivity index is 1.53. The van der Waals surface area contributed by atoms with Crippen molar-refractivity contribution in [2.24, 2.45) is 0 Å². The molecule has 3 aromatic carbocycles. The monoisotopic (exact) mass is 437 g/mol. The first-order valence-electron chi connectivity index (χ1n) is 10.9. The average molecular weight is 437 g/mol. The summed E-state index contributed by atoms with van der Waals surface area (Å²) in [6.45, 7) is 1.52. The Kier molecular flexibility index (Phi) is 5.05. The van der Waals surface area contributed by atoms with Crippen LogP contribution in [0.25, 0.3) is 22.2 Å². The highest BCUT2D eigenvalue weighted by atomic mass is 16.2. The number of amides is 3. The number of aromatic amines is 1. The largest absolute Gasteiger partial charge is 0.354 e. The molecule has 6 nitrogen and oxygen atoms in total. The van der Waals surface area contributed by atoms with Gasteiger partial charge in [0, 0.05) is 10.9 Å². The van der Waals surface area contributed by atoms with Crippen LogP contribution in [-0.2, 0) is 10.3 Å². The van der Waals surface area contributed by atoms with E-state index in [1.54, 1.807) is 0 Å². The number of rotatable bonds is 6. The molecular formula is C27H23N3O3. The van der Waals surface area contributed by atoms with E-state index in [4.69, 9.17) is 0 Å². The minimum absolute atomic E-state index is 0.297. The molecule has 1 atom stereocenters. The second-order valence-corrected chi connectivity index (χ2v) is 8.16. The molecule has 1 aromatic heterocycles. The van der Waals surface area contributed by atoms with Gasteiger partial charge in [-0.2, -0.15) is 0 Å². The summed E-state index contributed by atoms with van der Waals surface area (Å²) in [6.07, 6.45) is 0.384. The summed E-state index contributed by atoms with van der Waals surface area (Å²) in [6, 6.07) is 25.7. The maximum Gasteiger partial charge on any atom is 0.325 e. The van der Waals surface area contributed by atoms with Gasteiger partial charge in [0.1, 0.15) is 5.54 Å². The minimum Gasteiger partial charge on any atom is -0.354 e. The number of benzene rings is 3. The van der Waals surface area contributed by atoms with Gasteiger partial charge in [-0.15, -0.1) is 0 Å². The third-order valence-electron chi connectivity index (χ3n) is 6.32. The zero-order valence-corrected chi connectivity index (χ0v) is 18.2. The van der Waals surface area contributed by atoms with Crippen molar-refractivity contribution >= 4 is 28.6 Å². The van der Waals surface area contributed by atoms with Gasteiger partial charge >= 0.3 is 6.03 Å². The number of aromatic nitrogens is 1. The summed E-state index contributed by atoms with van der Waals surface area (Å²) in [5.74, 6) is -0.703. The van der Waals surface area contributed by atoms with Crippen LogP contribution in [0.5, 0.6) is 0 Å². The number of ketones is 1. The van der Waals surface area contributed by atoms with E-state index in [2.05, 4.69) is 10.3 Å². The lowest BCUT2D eigenvalue weighted by Crippen LogP contribution is -2.43. The molecule has 1 fully saturated rings. The van der Waals surface area contributed by atoms with E-state index in [0.29, 0.717) is 23.2 Å². The molecule has 0 spiro atoms. The molecule has 0 aliphatic carbocycles. The van der Waals surface area contributed by atoms with E-state index >= 15 is 0 Å². The highest BCUT2D eigenvalue weighted by Gasteiger charge is 2.51. The van der Waals surface area contributed by atoms with E-state index in [9.17, 15) is 14.4 Å². The molecule has 5 rings (SSSR count). The number of nitrogens with one attached hydrogen (secondary N) is 2. The van der Waals surface area contributed by atoms with Gasteiger partial charge in [-0.25, -0.2) is 4.79 Å². The van der Waals surface area contributed by atoms with Crippen LogP contribution in [-0.4, -0.2) is 34.2 Å². The van der Waals surface area contributed by atoms with Gasteiger partial charge in [0.2, 0.25) is 0 Å². The number of fused-ring (bicyclic) bond motifs is 1.